The van der Waals surface area contributed by atoms with Crippen molar-refractivity contribution in [3.05, 3.63) is 30.1 Å². The predicted molar refractivity (Wildman–Crippen MR) is 77.2 cm³/mol. The van der Waals surface area contributed by atoms with Gasteiger partial charge < -0.3 is 14.6 Å². The Bertz CT molecular complexity index is 701. The lowest BCUT2D eigenvalue weighted by Gasteiger charge is -2.21. The maximum atomic E-state index is 12.5. The van der Waals surface area contributed by atoms with Gasteiger partial charge in [0, 0.05) is 13.1 Å². The molecule has 1 aliphatic heterocycles. The fraction of sp³-hybridized carbons (Fsp3) is 0.400. The molecule has 2 heterocycles. The normalized spacial score (nSPS) is 16.3. The van der Waals surface area contributed by atoms with Crippen LogP contribution >= 0.6 is 0 Å². The van der Waals surface area contributed by atoms with Crippen molar-refractivity contribution < 1.29 is 14.7 Å². The lowest BCUT2D eigenvalue weighted by molar-refractivity contribution is -0.133. The van der Waals surface area contributed by atoms with E-state index >= 15 is 0 Å². The average molecular weight is 287 g/mol. The molecule has 1 atom stereocenters. The lowest BCUT2D eigenvalue weighted by atomic mass is 10.2. The highest BCUT2D eigenvalue weighted by Crippen LogP contribution is 2.22. The minimum absolute atomic E-state index is 0.0625. The van der Waals surface area contributed by atoms with E-state index in [2.05, 4.69) is 4.98 Å². The number of likely N-dealkylation sites (tertiary alicyclic amines) is 1. The van der Waals surface area contributed by atoms with Crippen LogP contribution in [0.15, 0.2) is 24.5 Å². The van der Waals surface area contributed by atoms with Crippen molar-refractivity contribution in [3.63, 3.8) is 0 Å². The molecule has 21 heavy (non-hydrogen) atoms. The van der Waals surface area contributed by atoms with E-state index in [9.17, 15) is 9.59 Å². The maximum absolute atomic E-state index is 12.5. The molecule has 1 amide bonds. The third-order valence-corrected chi connectivity index (χ3v) is 4.01. The van der Waals surface area contributed by atoms with Crippen LogP contribution in [0.1, 0.15) is 36.2 Å². The molecule has 0 radical (unpaired) electrons. The molecule has 0 bridgehead atoms. The van der Waals surface area contributed by atoms with Crippen LogP contribution in [0.2, 0.25) is 0 Å². The lowest BCUT2D eigenvalue weighted by Crippen LogP contribution is -2.33. The highest BCUT2D eigenvalue weighted by atomic mass is 16.4. The summed E-state index contributed by atoms with van der Waals surface area (Å²) in [5.41, 5.74) is 1.57. The summed E-state index contributed by atoms with van der Waals surface area (Å²) in [6, 6.07) is 4.38. The van der Waals surface area contributed by atoms with E-state index in [4.69, 9.17) is 5.11 Å². The number of benzene rings is 1. The number of amides is 1. The third-order valence-electron chi connectivity index (χ3n) is 4.01. The monoisotopic (exact) mass is 287 g/mol. The van der Waals surface area contributed by atoms with Crippen molar-refractivity contribution in [2.45, 2.75) is 25.8 Å². The molecule has 1 aromatic carbocycles. The first kappa shape index (κ1) is 13.6. The minimum Gasteiger partial charge on any atom is -0.478 e. The summed E-state index contributed by atoms with van der Waals surface area (Å²) in [6.45, 7) is 3.43. The number of hydrogen-bond acceptors (Lipinski definition) is 3. The number of hydrogen-bond donors (Lipinski definition) is 1. The molecular formula is C15H17N3O3. The van der Waals surface area contributed by atoms with Crippen LogP contribution in [0.4, 0.5) is 0 Å². The number of nitrogens with zero attached hydrogens (tertiary/aromatic N) is 3. The largest absolute Gasteiger partial charge is 0.478 e. The molecule has 0 saturated carbocycles. The molecule has 6 heteroatoms. The van der Waals surface area contributed by atoms with Crippen molar-refractivity contribution in [3.8, 4) is 0 Å². The smallest absolute Gasteiger partial charge is 0.335 e. The van der Waals surface area contributed by atoms with Crippen LogP contribution in [0, 0.1) is 0 Å². The zero-order valence-corrected chi connectivity index (χ0v) is 11.8. The topological polar surface area (TPSA) is 75.4 Å². The second-order valence-corrected chi connectivity index (χ2v) is 5.37. The van der Waals surface area contributed by atoms with Crippen molar-refractivity contribution in [2.24, 2.45) is 0 Å². The van der Waals surface area contributed by atoms with Crippen LogP contribution in [0.5, 0.6) is 0 Å². The maximum Gasteiger partial charge on any atom is 0.335 e. The van der Waals surface area contributed by atoms with E-state index < -0.39 is 5.97 Å². The summed E-state index contributed by atoms with van der Waals surface area (Å²) < 4.78 is 1.75. The van der Waals surface area contributed by atoms with Crippen LogP contribution in [-0.2, 0) is 4.79 Å². The Labute approximate surface area is 122 Å². The zero-order valence-electron chi connectivity index (χ0n) is 11.8. The van der Waals surface area contributed by atoms with Gasteiger partial charge in [-0.05, 0) is 38.0 Å². The van der Waals surface area contributed by atoms with E-state index in [-0.39, 0.29) is 17.5 Å². The number of rotatable bonds is 3. The van der Waals surface area contributed by atoms with Gasteiger partial charge in [0.15, 0.2) is 0 Å². The van der Waals surface area contributed by atoms with Crippen LogP contribution in [0.3, 0.4) is 0 Å². The molecule has 0 spiro atoms. The SMILES string of the molecule is CC(C(=O)N1CCCC1)n1cnc2ccc(C(=O)O)cc21. The molecule has 1 unspecified atom stereocenters. The van der Waals surface area contributed by atoms with E-state index in [0.717, 1.165) is 25.9 Å². The molecule has 1 saturated heterocycles. The Morgan fingerprint density at radius 3 is 2.67 bits per heavy atom. The minimum atomic E-state index is -0.983. The van der Waals surface area contributed by atoms with Gasteiger partial charge in [-0.2, -0.15) is 0 Å². The fourth-order valence-corrected chi connectivity index (χ4v) is 2.79. The van der Waals surface area contributed by atoms with E-state index in [1.165, 1.54) is 6.07 Å². The first-order valence-corrected chi connectivity index (χ1v) is 7.06. The molecule has 3 rings (SSSR count). The third kappa shape index (κ3) is 2.37. The number of fused-ring (bicyclic) bond motifs is 1. The molecule has 1 fully saturated rings. The number of carboxylic acids is 1. The van der Waals surface area contributed by atoms with Gasteiger partial charge >= 0.3 is 5.97 Å². The van der Waals surface area contributed by atoms with Gasteiger partial charge in [-0.3, -0.25) is 4.79 Å². The van der Waals surface area contributed by atoms with Crippen molar-refractivity contribution in [2.75, 3.05) is 13.1 Å². The summed E-state index contributed by atoms with van der Waals surface area (Å²) in [5.74, 6) is -0.921. The Kier molecular flexibility index (Phi) is 3.37. The van der Waals surface area contributed by atoms with Gasteiger partial charge in [-0.1, -0.05) is 0 Å². The zero-order chi connectivity index (χ0) is 15.0. The first-order valence-electron chi connectivity index (χ1n) is 7.06. The molecule has 1 N–H and O–H groups in total. The molecular weight excluding hydrogens is 270 g/mol. The van der Waals surface area contributed by atoms with Crippen LogP contribution in [-0.4, -0.2) is 44.5 Å². The van der Waals surface area contributed by atoms with Crippen molar-refractivity contribution in [1.29, 1.82) is 0 Å². The van der Waals surface area contributed by atoms with Gasteiger partial charge in [0.1, 0.15) is 6.04 Å². The highest BCUT2D eigenvalue weighted by Gasteiger charge is 2.25. The Hall–Kier alpha value is -2.37. The molecule has 110 valence electrons. The van der Waals surface area contributed by atoms with E-state index in [1.54, 1.807) is 23.0 Å². The quantitative estimate of drug-likeness (QED) is 0.935. The number of aromatic carboxylic acids is 1. The molecule has 2 aromatic rings. The Morgan fingerprint density at radius 1 is 1.29 bits per heavy atom. The number of carbonyl (C=O) groups is 2. The summed E-state index contributed by atoms with van der Waals surface area (Å²) in [4.78, 5) is 29.7. The van der Waals surface area contributed by atoms with Gasteiger partial charge in [-0.25, -0.2) is 9.78 Å². The summed E-state index contributed by atoms with van der Waals surface area (Å²) >= 11 is 0. The Morgan fingerprint density at radius 2 is 2.00 bits per heavy atom. The van der Waals surface area contributed by atoms with Crippen LogP contribution < -0.4 is 0 Å². The van der Waals surface area contributed by atoms with E-state index in [0.29, 0.717) is 11.0 Å². The molecule has 6 nitrogen and oxygen atoms in total. The van der Waals surface area contributed by atoms with Crippen molar-refractivity contribution in [1.82, 2.24) is 14.5 Å². The summed E-state index contributed by atoms with van der Waals surface area (Å²) in [5, 5.41) is 9.09. The average Bonchev–Trinajstić information content (AvgIpc) is 3.14. The number of carboxylic acid groups (broad SMARTS) is 1. The number of aromatic nitrogens is 2. The fourth-order valence-electron chi connectivity index (χ4n) is 2.79. The predicted octanol–water partition coefficient (Wildman–Crippen LogP) is 1.92. The van der Waals surface area contributed by atoms with Gasteiger partial charge in [-0.15, -0.1) is 0 Å². The van der Waals surface area contributed by atoms with Gasteiger partial charge in [0.05, 0.1) is 22.9 Å². The molecule has 1 aliphatic rings. The molecule has 1 aromatic heterocycles. The van der Waals surface area contributed by atoms with Gasteiger partial charge in [0.25, 0.3) is 0 Å². The number of imidazole rings is 1. The highest BCUT2D eigenvalue weighted by molar-refractivity contribution is 5.93. The second kappa shape index (κ2) is 5.20. The molecule has 0 aliphatic carbocycles. The van der Waals surface area contributed by atoms with Gasteiger partial charge in [0.2, 0.25) is 5.91 Å². The van der Waals surface area contributed by atoms with Crippen molar-refractivity contribution >= 4 is 22.9 Å². The summed E-state index contributed by atoms with van der Waals surface area (Å²) in [6.07, 6.45) is 3.70. The first-order chi connectivity index (χ1) is 10.1. The van der Waals surface area contributed by atoms with E-state index in [1.807, 2.05) is 11.8 Å². The standard InChI is InChI=1S/C15H17N3O3/c1-10(14(19)17-6-2-3-7-17)18-9-16-12-5-4-11(15(20)21)8-13(12)18/h4-5,8-10H,2-3,6-7H2,1H3,(H,20,21). The second-order valence-electron chi connectivity index (χ2n) is 5.37. The number of carbonyl (C=O) groups excluding carboxylic acids is 1. The summed E-state index contributed by atoms with van der Waals surface area (Å²) in [7, 11) is 0. The van der Waals surface area contributed by atoms with Crippen LogP contribution in [0.25, 0.3) is 11.0 Å². The Balaban J connectivity index is 1.97.